The Bertz CT molecular complexity index is 498. The summed E-state index contributed by atoms with van der Waals surface area (Å²) in [5.41, 5.74) is 13.8. The van der Waals surface area contributed by atoms with E-state index in [9.17, 15) is 9.59 Å². The highest BCUT2D eigenvalue weighted by atomic mass is 16.2. The standard InChI is InChI=1S/C17H31N7O2/c1-3-9-14(18)16(25)22-12-7-4-6-11-21-15(17(26)20-2)10-5-8-13-23-24-19/h1,14-15,21H,4-13,18H2,2H3,(H,20,26)(H,22,25). The van der Waals surface area contributed by atoms with Crippen LogP contribution in [0.5, 0.6) is 0 Å². The lowest BCUT2D eigenvalue weighted by Crippen LogP contribution is -2.43. The third kappa shape index (κ3) is 12.1. The molecule has 5 N–H and O–H groups in total. The molecule has 2 amide bonds. The van der Waals surface area contributed by atoms with Crippen molar-refractivity contribution in [2.24, 2.45) is 10.8 Å². The van der Waals surface area contributed by atoms with E-state index >= 15 is 0 Å². The molecule has 0 aliphatic rings. The maximum Gasteiger partial charge on any atom is 0.237 e. The molecule has 0 bridgehead atoms. The number of nitrogens with zero attached hydrogens (tertiary/aromatic N) is 3. The van der Waals surface area contributed by atoms with Gasteiger partial charge in [0.05, 0.1) is 12.1 Å². The number of amides is 2. The number of azide groups is 1. The summed E-state index contributed by atoms with van der Waals surface area (Å²) in [6.45, 7) is 1.74. The van der Waals surface area contributed by atoms with Gasteiger partial charge in [-0.15, -0.1) is 12.3 Å². The highest BCUT2D eigenvalue weighted by molar-refractivity contribution is 5.81. The smallest absolute Gasteiger partial charge is 0.237 e. The molecule has 0 saturated heterocycles. The summed E-state index contributed by atoms with van der Waals surface area (Å²) in [5, 5.41) is 12.1. The van der Waals surface area contributed by atoms with Gasteiger partial charge in [0, 0.05) is 31.5 Å². The monoisotopic (exact) mass is 365 g/mol. The molecule has 0 spiro atoms. The maximum absolute atomic E-state index is 11.9. The van der Waals surface area contributed by atoms with E-state index in [1.807, 2.05) is 0 Å². The van der Waals surface area contributed by atoms with Crippen LogP contribution in [0.4, 0.5) is 0 Å². The molecule has 9 heteroatoms. The lowest BCUT2D eigenvalue weighted by Gasteiger charge is -2.17. The SMILES string of the molecule is C#CCC(N)C(=O)NCCCCCNC(CCCCN=[N+]=[N-])C(=O)NC. The Morgan fingerprint density at radius 1 is 1.19 bits per heavy atom. The van der Waals surface area contributed by atoms with Gasteiger partial charge in [-0.1, -0.05) is 18.0 Å². The van der Waals surface area contributed by atoms with Crippen molar-refractivity contribution in [2.75, 3.05) is 26.7 Å². The van der Waals surface area contributed by atoms with Gasteiger partial charge in [0.2, 0.25) is 11.8 Å². The molecule has 0 saturated carbocycles. The van der Waals surface area contributed by atoms with Gasteiger partial charge < -0.3 is 21.7 Å². The van der Waals surface area contributed by atoms with E-state index < -0.39 is 6.04 Å². The molecule has 2 atom stereocenters. The summed E-state index contributed by atoms with van der Waals surface area (Å²) < 4.78 is 0. The number of carbonyl (C=O) groups excluding carboxylic acids is 2. The predicted octanol–water partition coefficient (Wildman–Crippen LogP) is 0.808. The van der Waals surface area contributed by atoms with Gasteiger partial charge in [-0.3, -0.25) is 9.59 Å². The van der Waals surface area contributed by atoms with Crippen molar-refractivity contribution in [3.8, 4) is 12.3 Å². The van der Waals surface area contributed by atoms with Gasteiger partial charge >= 0.3 is 0 Å². The molecular formula is C17H31N7O2. The van der Waals surface area contributed by atoms with Gasteiger partial charge in [0.15, 0.2) is 0 Å². The zero-order valence-corrected chi connectivity index (χ0v) is 15.5. The van der Waals surface area contributed by atoms with Crippen LogP contribution in [0.15, 0.2) is 5.11 Å². The lowest BCUT2D eigenvalue weighted by molar-refractivity contribution is -0.123. The molecule has 146 valence electrons. The molecule has 0 fully saturated rings. The van der Waals surface area contributed by atoms with Gasteiger partial charge in [-0.05, 0) is 37.8 Å². The number of carbonyl (C=O) groups is 2. The van der Waals surface area contributed by atoms with E-state index in [4.69, 9.17) is 17.7 Å². The average Bonchev–Trinajstić information content (AvgIpc) is 2.64. The minimum Gasteiger partial charge on any atom is -0.358 e. The molecule has 0 heterocycles. The van der Waals surface area contributed by atoms with Gasteiger partial charge in [0.25, 0.3) is 0 Å². The highest BCUT2D eigenvalue weighted by Crippen LogP contribution is 2.03. The Balaban J connectivity index is 3.84. The van der Waals surface area contributed by atoms with E-state index in [2.05, 4.69) is 31.9 Å². The molecule has 0 aliphatic carbocycles. The first-order valence-corrected chi connectivity index (χ1v) is 8.99. The first-order chi connectivity index (χ1) is 12.6. The average molecular weight is 365 g/mol. The van der Waals surface area contributed by atoms with Crippen molar-refractivity contribution >= 4 is 11.8 Å². The fourth-order valence-corrected chi connectivity index (χ4v) is 2.34. The van der Waals surface area contributed by atoms with Crippen molar-refractivity contribution in [1.29, 1.82) is 0 Å². The van der Waals surface area contributed by atoms with E-state index in [0.29, 0.717) is 19.5 Å². The summed E-state index contributed by atoms with van der Waals surface area (Å²) in [6.07, 6.45) is 10.3. The van der Waals surface area contributed by atoms with Crippen LogP contribution in [0.3, 0.4) is 0 Å². The van der Waals surface area contributed by atoms with E-state index in [1.165, 1.54) is 0 Å². The fraction of sp³-hybridized carbons (Fsp3) is 0.765. The first kappa shape index (κ1) is 23.7. The Labute approximate surface area is 155 Å². The molecule has 2 unspecified atom stereocenters. The molecule has 0 radical (unpaired) electrons. The number of unbranched alkanes of at least 4 members (excludes halogenated alkanes) is 3. The Morgan fingerprint density at radius 2 is 1.92 bits per heavy atom. The van der Waals surface area contributed by atoms with Crippen molar-refractivity contribution in [3.63, 3.8) is 0 Å². The van der Waals surface area contributed by atoms with E-state index in [-0.39, 0.29) is 24.3 Å². The zero-order chi connectivity index (χ0) is 19.6. The molecule has 0 aliphatic heterocycles. The van der Waals surface area contributed by atoms with Gasteiger partial charge in [-0.2, -0.15) is 0 Å². The molecule has 9 nitrogen and oxygen atoms in total. The molecular weight excluding hydrogens is 334 g/mol. The third-order valence-electron chi connectivity index (χ3n) is 3.85. The number of terminal acetylenes is 1. The maximum atomic E-state index is 11.9. The molecule has 0 aromatic carbocycles. The highest BCUT2D eigenvalue weighted by Gasteiger charge is 2.15. The minimum atomic E-state index is -0.645. The van der Waals surface area contributed by atoms with Crippen LogP contribution in [-0.4, -0.2) is 50.6 Å². The van der Waals surface area contributed by atoms with Crippen molar-refractivity contribution in [3.05, 3.63) is 10.4 Å². The number of hydrogen-bond acceptors (Lipinski definition) is 5. The Morgan fingerprint density at radius 3 is 2.58 bits per heavy atom. The normalized spacial score (nSPS) is 12.3. The quantitative estimate of drug-likeness (QED) is 0.112. The Kier molecular flexibility index (Phi) is 14.8. The van der Waals surface area contributed by atoms with Crippen LogP contribution in [0.2, 0.25) is 0 Å². The molecule has 0 rings (SSSR count). The second-order valence-electron chi connectivity index (χ2n) is 5.94. The third-order valence-corrected chi connectivity index (χ3v) is 3.85. The topological polar surface area (TPSA) is 145 Å². The molecule has 0 aromatic heterocycles. The number of nitrogens with one attached hydrogen (secondary N) is 3. The van der Waals surface area contributed by atoms with Gasteiger partial charge in [-0.25, -0.2) is 0 Å². The summed E-state index contributed by atoms with van der Waals surface area (Å²) in [6, 6.07) is -0.888. The van der Waals surface area contributed by atoms with Crippen LogP contribution in [0, 0.1) is 12.3 Å². The summed E-state index contributed by atoms with van der Waals surface area (Å²) >= 11 is 0. The second kappa shape index (κ2) is 16.2. The summed E-state index contributed by atoms with van der Waals surface area (Å²) in [5.74, 6) is 2.11. The number of hydrogen-bond donors (Lipinski definition) is 4. The molecule has 0 aromatic rings. The van der Waals surface area contributed by atoms with Crippen LogP contribution in [0.25, 0.3) is 10.4 Å². The summed E-state index contributed by atoms with van der Waals surface area (Å²) in [7, 11) is 1.62. The second-order valence-corrected chi connectivity index (χ2v) is 5.94. The molecule has 26 heavy (non-hydrogen) atoms. The predicted molar refractivity (Wildman–Crippen MR) is 102 cm³/mol. The first-order valence-electron chi connectivity index (χ1n) is 8.99. The van der Waals surface area contributed by atoms with Crippen LogP contribution in [-0.2, 0) is 9.59 Å². The van der Waals surface area contributed by atoms with Crippen molar-refractivity contribution < 1.29 is 9.59 Å². The number of rotatable bonds is 15. The van der Waals surface area contributed by atoms with Crippen LogP contribution < -0.4 is 21.7 Å². The lowest BCUT2D eigenvalue weighted by atomic mass is 10.1. The van der Waals surface area contributed by atoms with Gasteiger partial charge in [0.1, 0.15) is 0 Å². The van der Waals surface area contributed by atoms with E-state index in [1.54, 1.807) is 7.05 Å². The number of likely N-dealkylation sites (N-methyl/N-ethyl adjacent to an activating group) is 1. The van der Waals surface area contributed by atoms with E-state index in [0.717, 1.165) is 38.6 Å². The largest absolute Gasteiger partial charge is 0.358 e. The Hall–Kier alpha value is -2.27. The van der Waals surface area contributed by atoms with Crippen molar-refractivity contribution in [1.82, 2.24) is 16.0 Å². The minimum absolute atomic E-state index is 0.0384. The number of nitrogens with two attached hydrogens (primary N) is 1. The zero-order valence-electron chi connectivity index (χ0n) is 15.5. The summed E-state index contributed by atoms with van der Waals surface area (Å²) in [4.78, 5) is 26.1. The van der Waals surface area contributed by atoms with Crippen molar-refractivity contribution in [2.45, 2.75) is 57.0 Å². The fourth-order valence-electron chi connectivity index (χ4n) is 2.34. The van der Waals surface area contributed by atoms with Crippen LogP contribution >= 0.6 is 0 Å². The van der Waals surface area contributed by atoms with Crippen LogP contribution in [0.1, 0.15) is 44.9 Å².